The number of benzene rings is 2. The highest BCUT2D eigenvalue weighted by Gasteiger charge is 2.41. The van der Waals surface area contributed by atoms with Crippen molar-refractivity contribution in [2.45, 2.75) is 13.3 Å². The zero-order valence-corrected chi connectivity index (χ0v) is 19.1. The lowest BCUT2D eigenvalue weighted by Crippen LogP contribution is -2.34. The first-order valence-corrected chi connectivity index (χ1v) is 11.5. The van der Waals surface area contributed by atoms with Crippen molar-refractivity contribution in [3.05, 3.63) is 69.2 Å². The predicted octanol–water partition coefficient (Wildman–Crippen LogP) is 4.13. The second-order valence-electron chi connectivity index (χ2n) is 8.54. The van der Waals surface area contributed by atoms with E-state index in [4.69, 9.17) is 23.2 Å². The Bertz CT molecular complexity index is 967. The van der Waals surface area contributed by atoms with E-state index < -0.39 is 0 Å². The Morgan fingerprint density at radius 1 is 1.00 bits per heavy atom. The number of hydrogen-bond donors (Lipinski definition) is 1. The first-order valence-electron chi connectivity index (χ1n) is 10.7. The number of halogens is 2. The molecular weight excluding hydrogens is 433 g/mol. The molecule has 2 saturated heterocycles. The van der Waals surface area contributed by atoms with E-state index in [1.54, 1.807) is 24.3 Å². The molecule has 7 heteroatoms. The Morgan fingerprint density at radius 3 is 2.39 bits per heavy atom. The molecule has 4 rings (SSSR count). The van der Waals surface area contributed by atoms with Gasteiger partial charge in [-0.05, 0) is 61.6 Å². The zero-order valence-electron chi connectivity index (χ0n) is 17.6. The molecule has 2 aromatic carbocycles. The molecule has 2 aliphatic rings. The van der Waals surface area contributed by atoms with Gasteiger partial charge in [-0.3, -0.25) is 9.59 Å². The minimum atomic E-state index is -0.0890. The van der Waals surface area contributed by atoms with Crippen molar-refractivity contribution in [3.8, 4) is 0 Å². The molecule has 2 fully saturated rings. The van der Waals surface area contributed by atoms with Gasteiger partial charge in [0.15, 0.2) is 0 Å². The van der Waals surface area contributed by atoms with Gasteiger partial charge >= 0.3 is 0 Å². The molecule has 0 aliphatic carbocycles. The summed E-state index contributed by atoms with van der Waals surface area (Å²) in [5.41, 5.74) is 2.14. The first kappa shape index (κ1) is 22.1. The summed E-state index contributed by atoms with van der Waals surface area (Å²) in [6, 6.07) is 12.6. The van der Waals surface area contributed by atoms with Crippen LogP contribution in [-0.4, -0.2) is 60.9 Å². The number of amides is 2. The Labute approximate surface area is 193 Å². The van der Waals surface area contributed by atoms with Gasteiger partial charge in [-0.25, -0.2) is 0 Å². The standard InChI is InChI=1S/C24H27Cl2N3O2/c1-16-7-8-17(11-22(16)26)23(30)27-9-4-10-28-12-18-14-29(15-19(18)13-28)24(31)20-5-2-3-6-21(20)25/h2-3,5-8,11,18-19H,4,9-10,12-15H2,1H3,(H,27,30). The first-order chi connectivity index (χ1) is 14.9. The third-order valence-corrected chi connectivity index (χ3v) is 7.06. The van der Waals surface area contributed by atoms with Crippen LogP contribution in [0.15, 0.2) is 42.5 Å². The Balaban J connectivity index is 1.19. The molecule has 2 unspecified atom stereocenters. The van der Waals surface area contributed by atoms with Crippen molar-refractivity contribution in [1.82, 2.24) is 15.1 Å². The van der Waals surface area contributed by atoms with E-state index >= 15 is 0 Å². The number of fused-ring (bicyclic) bond motifs is 1. The SMILES string of the molecule is Cc1ccc(C(=O)NCCCN2CC3CN(C(=O)c4ccccc4Cl)CC3C2)cc1Cl. The molecule has 2 atom stereocenters. The fourth-order valence-electron chi connectivity index (χ4n) is 4.58. The molecule has 2 aromatic rings. The van der Waals surface area contributed by atoms with Crippen LogP contribution >= 0.6 is 23.2 Å². The molecule has 0 radical (unpaired) electrons. The van der Waals surface area contributed by atoms with Crippen LogP contribution in [0.4, 0.5) is 0 Å². The van der Waals surface area contributed by atoms with Crippen LogP contribution in [-0.2, 0) is 0 Å². The maximum absolute atomic E-state index is 12.8. The molecule has 5 nitrogen and oxygen atoms in total. The largest absolute Gasteiger partial charge is 0.352 e. The van der Waals surface area contributed by atoms with Gasteiger partial charge in [0.1, 0.15) is 0 Å². The third kappa shape index (κ3) is 5.05. The molecule has 2 heterocycles. The second kappa shape index (κ2) is 9.60. The lowest BCUT2D eigenvalue weighted by atomic mass is 10.0. The highest BCUT2D eigenvalue weighted by Crippen LogP contribution is 2.32. The van der Waals surface area contributed by atoms with E-state index in [-0.39, 0.29) is 11.8 Å². The number of likely N-dealkylation sites (tertiary alicyclic amines) is 2. The number of carbonyl (C=O) groups excluding carboxylic acids is 2. The van der Waals surface area contributed by atoms with Gasteiger partial charge in [0.05, 0.1) is 10.6 Å². The monoisotopic (exact) mass is 459 g/mol. The smallest absolute Gasteiger partial charge is 0.255 e. The number of rotatable bonds is 6. The lowest BCUT2D eigenvalue weighted by molar-refractivity contribution is 0.0774. The van der Waals surface area contributed by atoms with Crippen molar-refractivity contribution in [2.75, 3.05) is 39.3 Å². The number of carbonyl (C=O) groups is 2. The maximum Gasteiger partial charge on any atom is 0.255 e. The van der Waals surface area contributed by atoms with Gasteiger partial charge < -0.3 is 15.1 Å². The topological polar surface area (TPSA) is 52.7 Å². The highest BCUT2D eigenvalue weighted by atomic mass is 35.5. The van der Waals surface area contributed by atoms with Crippen molar-refractivity contribution in [2.24, 2.45) is 11.8 Å². The van der Waals surface area contributed by atoms with Crippen LogP contribution in [0.5, 0.6) is 0 Å². The van der Waals surface area contributed by atoms with Crippen LogP contribution in [0.2, 0.25) is 10.0 Å². The van der Waals surface area contributed by atoms with Crippen LogP contribution in [0.25, 0.3) is 0 Å². The van der Waals surface area contributed by atoms with Crippen molar-refractivity contribution in [1.29, 1.82) is 0 Å². The Morgan fingerprint density at radius 2 is 1.71 bits per heavy atom. The molecule has 31 heavy (non-hydrogen) atoms. The van der Waals surface area contributed by atoms with E-state index in [2.05, 4.69) is 10.2 Å². The van der Waals surface area contributed by atoms with Crippen molar-refractivity contribution in [3.63, 3.8) is 0 Å². The van der Waals surface area contributed by atoms with Gasteiger partial charge in [0.2, 0.25) is 0 Å². The van der Waals surface area contributed by atoms with E-state index in [9.17, 15) is 9.59 Å². The second-order valence-corrected chi connectivity index (χ2v) is 9.36. The highest BCUT2D eigenvalue weighted by molar-refractivity contribution is 6.33. The Kier molecular flexibility index (Phi) is 6.85. The van der Waals surface area contributed by atoms with Crippen LogP contribution in [0.3, 0.4) is 0 Å². The normalized spacial score (nSPS) is 20.7. The summed E-state index contributed by atoms with van der Waals surface area (Å²) in [4.78, 5) is 29.5. The summed E-state index contributed by atoms with van der Waals surface area (Å²) in [5.74, 6) is 0.964. The third-order valence-electron chi connectivity index (χ3n) is 6.32. The van der Waals surface area contributed by atoms with Gasteiger partial charge in [-0.2, -0.15) is 0 Å². The molecule has 164 valence electrons. The molecule has 0 saturated carbocycles. The van der Waals surface area contributed by atoms with E-state index in [1.807, 2.05) is 30.0 Å². The summed E-state index contributed by atoms with van der Waals surface area (Å²) in [5, 5.41) is 4.10. The molecule has 0 aromatic heterocycles. The molecule has 0 spiro atoms. The van der Waals surface area contributed by atoms with Gasteiger partial charge in [-0.15, -0.1) is 0 Å². The number of nitrogens with one attached hydrogen (secondary N) is 1. The summed E-state index contributed by atoms with van der Waals surface area (Å²) in [6.07, 6.45) is 0.896. The molecular formula is C24H27Cl2N3O2. The van der Waals surface area contributed by atoms with E-state index in [0.29, 0.717) is 39.6 Å². The summed E-state index contributed by atoms with van der Waals surface area (Å²) >= 11 is 12.3. The van der Waals surface area contributed by atoms with Crippen molar-refractivity contribution >= 4 is 35.0 Å². The minimum Gasteiger partial charge on any atom is -0.352 e. The summed E-state index contributed by atoms with van der Waals surface area (Å²) < 4.78 is 0. The maximum atomic E-state index is 12.8. The lowest BCUT2D eigenvalue weighted by Gasteiger charge is -2.22. The summed E-state index contributed by atoms with van der Waals surface area (Å²) in [7, 11) is 0. The van der Waals surface area contributed by atoms with Gasteiger partial charge in [-0.1, -0.05) is 41.4 Å². The van der Waals surface area contributed by atoms with E-state index in [0.717, 1.165) is 44.7 Å². The fourth-order valence-corrected chi connectivity index (χ4v) is 4.98. The molecule has 2 amide bonds. The average Bonchev–Trinajstić information content (AvgIpc) is 3.32. The minimum absolute atomic E-state index is 0.0328. The number of nitrogens with zero attached hydrogens (tertiary/aromatic N) is 2. The summed E-state index contributed by atoms with van der Waals surface area (Å²) in [6.45, 7) is 7.07. The quantitative estimate of drug-likeness (QED) is 0.660. The number of hydrogen-bond acceptors (Lipinski definition) is 3. The molecule has 1 N–H and O–H groups in total. The van der Waals surface area contributed by atoms with Gasteiger partial charge in [0.25, 0.3) is 11.8 Å². The van der Waals surface area contributed by atoms with Gasteiger partial charge in [0, 0.05) is 43.3 Å². The molecule has 0 bridgehead atoms. The molecule has 2 aliphatic heterocycles. The van der Waals surface area contributed by atoms with Crippen molar-refractivity contribution < 1.29 is 9.59 Å². The zero-order chi connectivity index (χ0) is 22.0. The predicted molar refractivity (Wildman–Crippen MR) is 124 cm³/mol. The fraction of sp³-hybridized carbons (Fsp3) is 0.417. The average molecular weight is 460 g/mol. The Hall–Kier alpha value is -2.08. The van der Waals surface area contributed by atoms with Crippen LogP contribution in [0, 0.1) is 18.8 Å². The number of aryl methyl sites for hydroxylation is 1. The van der Waals surface area contributed by atoms with Crippen LogP contribution < -0.4 is 5.32 Å². The van der Waals surface area contributed by atoms with E-state index in [1.165, 1.54) is 0 Å². The van der Waals surface area contributed by atoms with Crippen LogP contribution in [0.1, 0.15) is 32.7 Å².